The number of ether oxygens (including phenoxy) is 3. The van der Waals surface area contributed by atoms with Crippen LogP contribution in [-0.2, 0) is 4.74 Å². The van der Waals surface area contributed by atoms with Crippen molar-refractivity contribution in [1.29, 1.82) is 0 Å². The van der Waals surface area contributed by atoms with E-state index in [0.29, 0.717) is 30.3 Å². The molecule has 0 amide bonds. The molecule has 0 saturated carbocycles. The van der Waals surface area contributed by atoms with E-state index in [1.54, 1.807) is 18.2 Å². The molecular weight excluding hydrogens is 369 g/mol. The number of nitrogens with two attached hydrogens (primary N) is 1. The minimum atomic E-state index is -0.784. The van der Waals surface area contributed by atoms with Gasteiger partial charge in [-0.25, -0.2) is 4.79 Å². The van der Waals surface area contributed by atoms with Crippen LogP contribution in [0.15, 0.2) is 30.3 Å². The number of anilines is 1. The fraction of sp³-hybridized carbons (Fsp3) is 0.176. The first-order valence-corrected chi connectivity index (χ1v) is 8.06. The molecule has 0 spiro atoms. The summed E-state index contributed by atoms with van der Waals surface area (Å²) in [5.74, 6) is -0.125. The van der Waals surface area contributed by atoms with Gasteiger partial charge in [0.15, 0.2) is 23.9 Å². The molecule has 0 radical (unpaired) electrons. The first-order chi connectivity index (χ1) is 12.0. The molecule has 0 unspecified atom stereocenters. The van der Waals surface area contributed by atoms with Crippen molar-refractivity contribution in [2.45, 2.75) is 0 Å². The van der Waals surface area contributed by atoms with E-state index >= 15 is 0 Å². The third-order valence-corrected chi connectivity index (χ3v) is 4.04. The third kappa shape index (κ3) is 3.81. The van der Waals surface area contributed by atoms with Gasteiger partial charge >= 0.3 is 5.97 Å². The number of hydrogen-bond donors (Lipinski definition) is 1. The Labute approximate surface area is 153 Å². The maximum atomic E-state index is 12.2. The summed E-state index contributed by atoms with van der Waals surface area (Å²) >= 11 is 11.7. The van der Waals surface area contributed by atoms with Crippen molar-refractivity contribution in [2.24, 2.45) is 0 Å². The van der Waals surface area contributed by atoms with Gasteiger partial charge in [0.2, 0.25) is 0 Å². The van der Waals surface area contributed by atoms with Crippen LogP contribution in [0.5, 0.6) is 11.5 Å². The Morgan fingerprint density at radius 1 is 1.08 bits per heavy atom. The van der Waals surface area contributed by atoms with Crippen molar-refractivity contribution >= 4 is 40.6 Å². The minimum Gasteiger partial charge on any atom is -0.486 e. The lowest BCUT2D eigenvalue weighted by Gasteiger charge is -2.18. The van der Waals surface area contributed by atoms with Crippen LogP contribution in [0, 0.1) is 0 Å². The van der Waals surface area contributed by atoms with Crippen molar-refractivity contribution in [3.63, 3.8) is 0 Å². The highest BCUT2D eigenvalue weighted by molar-refractivity contribution is 6.37. The number of hydrogen-bond acceptors (Lipinski definition) is 6. The summed E-state index contributed by atoms with van der Waals surface area (Å²) in [6.07, 6.45) is 0. The van der Waals surface area contributed by atoms with Crippen LogP contribution in [0.4, 0.5) is 5.69 Å². The zero-order chi connectivity index (χ0) is 18.0. The second kappa shape index (κ2) is 7.21. The van der Waals surface area contributed by atoms with Crippen molar-refractivity contribution in [3.8, 4) is 11.5 Å². The topological polar surface area (TPSA) is 87.9 Å². The smallest absolute Gasteiger partial charge is 0.340 e. The average Bonchev–Trinajstić information content (AvgIpc) is 2.62. The zero-order valence-electron chi connectivity index (χ0n) is 12.9. The van der Waals surface area contributed by atoms with Gasteiger partial charge in [0, 0.05) is 10.6 Å². The van der Waals surface area contributed by atoms with Gasteiger partial charge in [-0.05, 0) is 30.3 Å². The van der Waals surface area contributed by atoms with Gasteiger partial charge in [0.05, 0.1) is 16.3 Å². The molecule has 25 heavy (non-hydrogen) atoms. The Morgan fingerprint density at radius 2 is 1.80 bits per heavy atom. The van der Waals surface area contributed by atoms with Gasteiger partial charge in [0.1, 0.15) is 13.2 Å². The van der Waals surface area contributed by atoms with Gasteiger partial charge < -0.3 is 19.9 Å². The number of Topliss-reactive ketones (excluding diaryl/α,β-unsaturated/α-hetero) is 1. The normalized spacial score (nSPS) is 12.6. The predicted molar refractivity (Wildman–Crippen MR) is 92.9 cm³/mol. The van der Waals surface area contributed by atoms with E-state index in [0.717, 1.165) is 0 Å². The van der Waals surface area contributed by atoms with Crippen LogP contribution < -0.4 is 15.2 Å². The summed E-state index contributed by atoms with van der Waals surface area (Å²) in [6.45, 7) is 0.415. The van der Waals surface area contributed by atoms with E-state index in [-0.39, 0.29) is 21.3 Å². The first-order valence-electron chi connectivity index (χ1n) is 7.30. The van der Waals surface area contributed by atoms with E-state index in [4.69, 9.17) is 43.1 Å². The van der Waals surface area contributed by atoms with Gasteiger partial charge in [-0.1, -0.05) is 23.2 Å². The average molecular weight is 382 g/mol. The molecule has 0 aliphatic carbocycles. The molecule has 6 nitrogen and oxygen atoms in total. The number of esters is 1. The lowest BCUT2D eigenvalue weighted by molar-refractivity contribution is 0.0475. The van der Waals surface area contributed by atoms with E-state index in [1.165, 1.54) is 12.1 Å². The zero-order valence-corrected chi connectivity index (χ0v) is 14.4. The van der Waals surface area contributed by atoms with Crippen molar-refractivity contribution in [3.05, 3.63) is 51.5 Å². The highest BCUT2D eigenvalue weighted by Crippen LogP contribution is 2.31. The second-order valence-corrected chi connectivity index (χ2v) is 6.05. The quantitative estimate of drug-likeness (QED) is 0.496. The Bertz CT molecular complexity index is 853. The fourth-order valence-corrected chi connectivity index (χ4v) is 2.76. The predicted octanol–water partition coefficient (Wildman–Crippen LogP) is 3.39. The van der Waals surface area contributed by atoms with E-state index < -0.39 is 18.4 Å². The van der Waals surface area contributed by atoms with E-state index in [1.807, 2.05) is 0 Å². The molecule has 0 atom stereocenters. The Hall–Kier alpha value is -2.44. The molecule has 2 aromatic rings. The van der Waals surface area contributed by atoms with Crippen molar-refractivity contribution in [1.82, 2.24) is 0 Å². The molecule has 2 N–H and O–H groups in total. The Morgan fingerprint density at radius 3 is 2.56 bits per heavy atom. The number of ketones is 1. The molecule has 0 aromatic heterocycles. The third-order valence-electron chi connectivity index (χ3n) is 3.51. The van der Waals surface area contributed by atoms with Crippen LogP contribution in [0.3, 0.4) is 0 Å². The molecular formula is C17H13Cl2NO5. The number of carbonyl (C=O) groups excluding carboxylic acids is 2. The summed E-state index contributed by atoms with van der Waals surface area (Å²) in [5.41, 5.74) is 6.13. The minimum absolute atomic E-state index is 0.00692. The molecule has 1 aliphatic heterocycles. The van der Waals surface area contributed by atoms with Gasteiger partial charge in [0.25, 0.3) is 0 Å². The van der Waals surface area contributed by atoms with Crippen LogP contribution in [0.25, 0.3) is 0 Å². The summed E-state index contributed by atoms with van der Waals surface area (Å²) < 4.78 is 15.8. The van der Waals surface area contributed by atoms with Crippen LogP contribution in [0.2, 0.25) is 10.0 Å². The van der Waals surface area contributed by atoms with E-state index in [2.05, 4.69) is 0 Å². The van der Waals surface area contributed by atoms with Crippen molar-refractivity contribution < 1.29 is 23.8 Å². The molecule has 0 fully saturated rings. The SMILES string of the molecule is Nc1c(Cl)cc(Cl)cc1C(=O)OCC(=O)c1ccc2c(c1)OCCO2. The monoisotopic (exact) mass is 381 g/mol. The highest BCUT2D eigenvalue weighted by atomic mass is 35.5. The number of nitrogen functional groups attached to an aromatic ring is 1. The lowest BCUT2D eigenvalue weighted by atomic mass is 10.1. The summed E-state index contributed by atoms with van der Waals surface area (Å²) in [6, 6.07) is 7.51. The molecule has 0 bridgehead atoms. The maximum absolute atomic E-state index is 12.2. The fourth-order valence-electron chi connectivity index (χ4n) is 2.26. The largest absolute Gasteiger partial charge is 0.486 e. The summed E-state index contributed by atoms with van der Waals surface area (Å²) in [4.78, 5) is 24.4. The lowest BCUT2D eigenvalue weighted by Crippen LogP contribution is -2.18. The standard InChI is InChI=1S/C17H13Cl2NO5/c18-10-6-11(16(20)12(19)7-10)17(22)25-8-13(21)9-1-2-14-15(5-9)24-4-3-23-14/h1-2,5-7H,3-4,8,20H2. The molecule has 2 aromatic carbocycles. The number of halogens is 2. The highest BCUT2D eigenvalue weighted by Gasteiger charge is 2.19. The number of benzene rings is 2. The van der Waals surface area contributed by atoms with Gasteiger partial charge in [-0.15, -0.1) is 0 Å². The Balaban J connectivity index is 1.69. The molecule has 0 saturated heterocycles. The number of carbonyl (C=O) groups is 2. The number of fused-ring (bicyclic) bond motifs is 1. The van der Waals surface area contributed by atoms with Gasteiger partial charge in [-0.3, -0.25) is 4.79 Å². The second-order valence-electron chi connectivity index (χ2n) is 5.21. The molecule has 130 valence electrons. The maximum Gasteiger partial charge on any atom is 0.340 e. The first kappa shape index (κ1) is 17.4. The number of rotatable bonds is 4. The van der Waals surface area contributed by atoms with E-state index in [9.17, 15) is 9.59 Å². The van der Waals surface area contributed by atoms with Crippen molar-refractivity contribution in [2.75, 3.05) is 25.6 Å². The van der Waals surface area contributed by atoms with Crippen LogP contribution >= 0.6 is 23.2 Å². The molecule has 3 rings (SSSR count). The molecule has 8 heteroatoms. The van der Waals surface area contributed by atoms with Crippen LogP contribution in [-0.4, -0.2) is 31.6 Å². The summed E-state index contributed by atoms with van der Waals surface area (Å²) in [5, 5.41) is 0.377. The Kier molecular flexibility index (Phi) is 5.01. The molecule has 1 aliphatic rings. The molecule has 1 heterocycles. The van der Waals surface area contributed by atoms with Crippen LogP contribution in [0.1, 0.15) is 20.7 Å². The van der Waals surface area contributed by atoms with Gasteiger partial charge in [-0.2, -0.15) is 0 Å². The summed E-state index contributed by atoms with van der Waals surface area (Å²) in [7, 11) is 0.